The van der Waals surface area contributed by atoms with E-state index in [0.717, 1.165) is 0 Å². The number of benzene rings is 2. The zero-order valence-electron chi connectivity index (χ0n) is 23.2. The van der Waals surface area contributed by atoms with Crippen molar-refractivity contribution in [2.75, 3.05) is 0 Å². The molecular weight excluding hydrogens is 575 g/mol. The van der Waals surface area contributed by atoms with Crippen LogP contribution in [0.15, 0.2) is 80.7 Å². The van der Waals surface area contributed by atoms with E-state index in [4.69, 9.17) is 0 Å². The fourth-order valence-electron chi connectivity index (χ4n) is 7.42. The number of fused-ring (bicyclic) bond motifs is 1. The summed E-state index contributed by atoms with van der Waals surface area (Å²) >= 11 is -3.57. The van der Waals surface area contributed by atoms with Crippen molar-refractivity contribution >= 4 is 37.3 Å². The summed E-state index contributed by atoms with van der Waals surface area (Å²) in [6.07, 6.45) is 8.09. The van der Waals surface area contributed by atoms with Crippen LogP contribution in [0.1, 0.15) is 87.5 Å². The third-order valence-electron chi connectivity index (χ3n) is 9.49. The number of hydrogen-bond acceptors (Lipinski definition) is 0. The van der Waals surface area contributed by atoms with Gasteiger partial charge in [0.2, 0.25) is 0 Å². The first-order valence-corrected chi connectivity index (χ1v) is 25.6. The average Bonchev–Trinajstić information content (AvgIpc) is 3.35. The Morgan fingerprint density at radius 3 is 1.86 bits per heavy atom. The van der Waals surface area contributed by atoms with Crippen molar-refractivity contribution in [1.29, 1.82) is 0 Å². The molecule has 0 spiro atoms. The minimum absolute atomic E-state index is 0. The van der Waals surface area contributed by atoms with Gasteiger partial charge in [-0.05, 0) is 0 Å². The first kappa shape index (κ1) is 31.6. The van der Waals surface area contributed by atoms with Gasteiger partial charge in [0.25, 0.3) is 0 Å². The molecule has 4 heteroatoms. The van der Waals surface area contributed by atoms with Crippen LogP contribution in [0.5, 0.6) is 0 Å². The topological polar surface area (TPSA) is 0 Å². The molecule has 0 amide bonds. The molecule has 2 aromatic carbocycles. The third-order valence-corrected chi connectivity index (χ3v) is 37.1. The molecule has 2 aliphatic rings. The van der Waals surface area contributed by atoms with Crippen LogP contribution in [0.4, 0.5) is 0 Å². The van der Waals surface area contributed by atoms with Gasteiger partial charge in [0, 0.05) is 0 Å². The van der Waals surface area contributed by atoms with Gasteiger partial charge in [0.1, 0.15) is 0 Å². The molecule has 0 saturated carbocycles. The Morgan fingerprint density at radius 2 is 1.33 bits per heavy atom. The number of unbranched alkanes of at least 4 members (excludes halogenated alkanes) is 2. The van der Waals surface area contributed by atoms with E-state index in [2.05, 4.69) is 109 Å². The van der Waals surface area contributed by atoms with Gasteiger partial charge in [-0.15, -0.1) is 24.8 Å². The van der Waals surface area contributed by atoms with Gasteiger partial charge in [-0.2, -0.15) is 0 Å². The fourth-order valence-corrected chi connectivity index (χ4v) is 36.6. The summed E-state index contributed by atoms with van der Waals surface area (Å²) in [5, 5.41) is 0. The van der Waals surface area contributed by atoms with Crippen LogP contribution in [0.25, 0.3) is 5.57 Å². The molecule has 2 aliphatic carbocycles. The van der Waals surface area contributed by atoms with Gasteiger partial charge in [0.05, 0.1) is 0 Å². The van der Waals surface area contributed by atoms with Crippen molar-refractivity contribution < 1.29 is 17.4 Å². The first-order valence-electron chi connectivity index (χ1n) is 13.6. The van der Waals surface area contributed by atoms with Gasteiger partial charge in [-0.1, -0.05) is 0 Å². The van der Waals surface area contributed by atoms with Gasteiger partial charge in [-0.25, -0.2) is 0 Å². The molecule has 0 heterocycles. The Bertz CT molecular complexity index is 1220. The fraction of sp³-hybridized carbons (Fsp3) is 0.438. The molecule has 0 aromatic heterocycles. The molecule has 0 saturated heterocycles. The zero-order chi connectivity index (χ0) is 24.5. The Morgan fingerprint density at radius 1 is 0.778 bits per heavy atom. The molecular formula is C32H46Cl2SiZr. The monoisotopic (exact) mass is 618 g/mol. The number of allylic oxidation sites excluding steroid dienone is 5. The minimum Gasteiger partial charge on any atom is -0.147 e. The summed E-state index contributed by atoms with van der Waals surface area (Å²) in [6, 6.07) is 20.6. The molecule has 0 nitrogen and oxygen atoms in total. The predicted molar refractivity (Wildman–Crippen MR) is 165 cm³/mol. The molecule has 0 bridgehead atoms. The summed E-state index contributed by atoms with van der Waals surface area (Å²) in [4.78, 5) is 0. The molecule has 2 unspecified atom stereocenters. The molecule has 2 atom stereocenters. The first-order chi connectivity index (χ1) is 16.3. The van der Waals surface area contributed by atoms with Crippen molar-refractivity contribution in [1.82, 2.24) is 0 Å². The maximum atomic E-state index is 2.76. The smallest absolute Gasteiger partial charge is 0.147 e. The van der Waals surface area contributed by atoms with Crippen LogP contribution >= 0.6 is 24.8 Å². The van der Waals surface area contributed by atoms with E-state index in [1.54, 1.807) is 22.3 Å². The van der Waals surface area contributed by atoms with Crippen molar-refractivity contribution in [3.8, 4) is 0 Å². The van der Waals surface area contributed by atoms with Crippen molar-refractivity contribution in [3.05, 3.63) is 97.4 Å². The maximum absolute atomic E-state index is 3.57. The largest absolute Gasteiger partial charge is 0.147 e. The number of halogens is 2. The molecule has 0 radical (unpaired) electrons. The molecule has 196 valence electrons. The Kier molecular flexibility index (Phi) is 10.9. The van der Waals surface area contributed by atoms with Gasteiger partial charge >= 0.3 is 212 Å². The summed E-state index contributed by atoms with van der Waals surface area (Å²) in [6.45, 7) is 17.2. The van der Waals surface area contributed by atoms with E-state index in [1.807, 2.05) is 3.28 Å². The second-order valence-corrected chi connectivity index (χ2v) is 37.1. The van der Waals surface area contributed by atoms with Gasteiger partial charge < -0.3 is 0 Å². The Labute approximate surface area is 235 Å². The van der Waals surface area contributed by atoms with E-state index in [9.17, 15) is 0 Å². The van der Waals surface area contributed by atoms with Gasteiger partial charge in [-0.3, -0.25) is 0 Å². The van der Waals surface area contributed by atoms with Crippen LogP contribution in [0.3, 0.4) is 0 Å². The summed E-state index contributed by atoms with van der Waals surface area (Å²) in [5.74, 6) is 0.609. The molecule has 4 rings (SSSR count). The number of hydrogen-bond donors (Lipinski definition) is 0. The van der Waals surface area contributed by atoms with Crippen LogP contribution in [-0.4, -0.2) is 6.88 Å². The minimum atomic E-state index is -3.57. The summed E-state index contributed by atoms with van der Waals surface area (Å²) < 4.78 is 5.48. The normalized spacial score (nSPS) is 19.6. The Balaban J connectivity index is 0.00000228. The molecule has 0 N–H and O–H groups in total. The maximum Gasteiger partial charge on any atom is -0.147 e. The standard InChI is InChI=1S/C15H11.C9H13.2C4H9.2ClH.H2Si.Zr/c1-2-6-12(7-3-1)15-11-10-13-8-4-5-9-14(13)15;1-6-5-7(2)9(4)8(6)3;2*1-3-4-2;;;;/h1-11H;6H,1-4H3;2*1,3-4H2,2H3;2*1H;1H2;. The van der Waals surface area contributed by atoms with Crippen LogP contribution in [-0.2, 0) is 17.4 Å². The van der Waals surface area contributed by atoms with E-state index >= 15 is 0 Å². The van der Waals surface area contributed by atoms with Gasteiger partial charge in [0.15, 0.2) is 0 Å². The second-order valence-electron chi connectivity index (χ2n) is 11.3. The number of rotatable bonds is 9. The molecule has 36 heavy (non-hydrogen) atoms. The van der Waals surface area contributed by atoms with E-state index in [-0.39, 0.29) is 24.8 Å². The van der Waals surface area contributed by atoms with Crippen LogP contribution in [0.2, 0.25) is 8.26 Å². The summed E-state index contributed by atoms with van der Waals surface area (Å²) in [7, 11) is 0. The van der Waals surface area contributed by atoms with Crippen molar-refractivity contribution in [2.45, 2.75) is 79.1 Å². The Hall–Kier alpha value is -0.660. The zero-order valence-corrected chi connectivity index (χ0v) is 28.7. The molecule has 2 aromatic rings. The third kappa shape index (κ3) is 5.14. The molecule has 0 fully saturated rings. The predicted octanol–water partition coefficient (Wildman–Crippen LogP) is 9.95. The SMILES string of the molecule is CCC[CH2][Zr](=[SiH2])([CH2]CCC)([C]1=C(C)C(C)=C(C)C1C)[CH]1C=C(c2ccccc2)c2ccccc21.Cl.Cl. The van der Waals surface area contributed by atoms with E-state index in [1.165, 1.54) is 50.6 Å². The van der Waals surface area contributed by atoms with E-state index < -0.39 is 17.4 Å². The van der Waals surface area contributed by atoms with Crippen LogP contribution in [0, 0.1) is 5.92 Å². The molecule has 0 aliphatic heterocycles. The summed E-state index contributed by atoms with van der Waals surface area (Å²) in [5.41, 5.74) is 10.9. The quantitative estimate of drug-likeness (QED) is 0.245. The second kappa shape index (κ2) is 12.5. The van der Waals surface area contributed by atoms with E-state index in [0.29, 0.717) is 9.54 Å². The average molecular weight is 621 g/mol. The van der Waals surface area contributed by atoms with Crippen LogP contribution < -0.4 is 0 Å². The van der Waals surface area contributed by atoms with Crippen molar-refractivity contribution in [2.24, 2.45) is 5.92 Å². The van der Waals surface area contributed by atoms with Crippen molar-refractivity contribution in [3.63, 3.8) is 0 Å².